The molecule has 0 radical (unpaired) electrons. The third kappa shape index (κ3) is 4.99. The molecule has 0 spiro atoms. The number of aromatic nitrogens is 1. The van der Waals surface area contributed by atoms with Crippen molar-refractivity contribution in [3.05, 3.63) is 36.7 Å². The lowest BCUT2D eigenvalue weighted by molar-refractivity contribution is 0.0951. The van der Waals surface area contributed by atoms with E-state index in [-0.39, 0.29) is 5.91 Å². The second kappa shape index (κ2) is 7.48. The molecule has 4 heteroatoms. The Bertz CT molecular complexity index is 402. The number of rotatable bonds is 7. The van der Waals surface area contributed by atoms with Gasteiger partial charge in [-0.1, -0.05) is 19.9 Å². The maximum Gasteiger partial charge on any atom is 0.252 e. The molecule has 0 fully saturated rings. The fraction of sp³-hybridized carbons (Fsp3) is 0.429. The summed E-state index contributed by atoms with van der Waals surface area (Å²) in [5.41, 5.74) is 1.40. The molecule has 0 atom stereocenters. The molecular weight excluding hydrogens is 226 g/mol. The monoisotopic (exact) mass is 247 g/mol. The summed E-state index contributed by atoms with van der Waals surface area (Å²) in [6.07, 6.45) is 6.00. The van der Waals surface area contributed by atoms with Crippen LogP contribution in [-0.2, 0) is 0 Å². The van der Waals surface area contributed by atoms with Gasteiger partial charge in [-0.3, -0.25) is 9.78 Å². The van der Waals surface area contributed by atoms with Gasteiger partial charge < -0.3 is 10.6 Å². The van der Waals surface area contributed by atoms with Crippen LogP contribution in [0.1, 0.15) is 30.6 Å². The molecule has 0 bridgehead atoms. The van der Waals surface area contributed by atoms with Crippen LogP contribution in [0.2, 0.25) is 0 Å². The minimum Gasteiger partial charge on any atom is -0.380 e. The van der Waals surface area contributed by atoms with Crippen molar-refractivity contribution in [3.8, 4) is 0 Å². The first-order valence-electron chi connectivity index (χ1n) is 6.21. The van der Waals surface area contributed by atoms with E-state index in [9.17, 15) is 4.79 Å². The Hall–Kier alpha value is -1.84. The molecule has 2 N–H and O–H groups in total. The lowest BCUT2D eigenvalue weighted by atomic mass is 10.1. The van der Waals surface area contributed by atoms with E-state index in [1.54, 1.807) is 24.5 Å². The highest BCUT2D eigenvalue weighted by molar-refractivity contribution is 5.94. The molecule has 0 aliphatic heterocycles. The van der Waals surface area contributed by atoms with Crippen molar-refractivity contribution in [3.63, 3.8) is 0 Å². The van der Waals surface area contributed by atoms with Crippen molar-refractivity contribution in [2.24, 2.45) is 5.92 Å². The zero-order valence-corrected chi connectivity index (χ0v) is 11.1. The van der Waals surface area contributed by atoms with Crippen molar-refractivity contribution in [1.29, 1.82) is 0 Å². The lowest BCUT2D eigenvalue weighted by Crippen LogP contribution is -2.25. The van der Waals surface area contributed by atoms with Gasteiger partial charge in [0.25, 0.3) is 5.91 Å². The number of hydrogen-bond acceptors (Lipinski definition) is 3. The first kappa shape index (κ1) is 14.2. The van der Waals surface area contributed by atoms with Gasteiger partial charge in [-0.2, -0.15) is 0 Å². The second-order valence-electron chi connectivity index (χ2n) is 4.57. The summed E-state index contributed by atoms with van der Waals surface area (Å²) in [7, 11) is 0. The molecule has 4 nitrogen and oxygen atoms in total. The van der Waals surface area contributed by atoms with Crippen LogP contribution in [0.5, 0.6) is 0 Å². The Balaban J connectivity index is 2.54. The predicted molar refractivity (Wildman–Crippen MR) is 74.7 cm³/mol. The summed E-state index contributed by atoms with van der Waals surface area (Å²) in [5, 5.41) is 5.99. The summed E-state index contributed by atoms with van der Waals surface area (Å²) < 4.78 is 0. The molecule has 1 aromatic rings. The molecule has 0 aliphatic carbocycles. The van der Waals surface area contributed by atoms with E-state index >= 15 is 0 Å². The number of pyridine rings is 1. The van der Waals surface area contributed by atoms with E-state index in [0.29, 0.717) is 24.6 Å². The number of carbonyl (C=O) groups excluding carboxylic acids is 1. The van der Waals surface area contributed by atoms with Crippen molar-refractivity contribution < 1.29 is 4.79 Å². The van der Waals surface area contributed by atoms with Crippen LogP contribution in [0.3, 0.4) is 0 Å². The number of nitrogens with zero attached hydrogens (tertiary/aromatic N) is 1. The molecule has 0 aliphatic rings. The summed E-state index contributed by atoms with van der Waals surface area (Å²) in [6, 6.07) is 1.79. The van der Waals surface area contributed by atoms with E-state index in [2.05, 4.69) is 36.0 Å². The normalized spacial score (nSPS) is 10.2. The Morgan fingerprint density at radius 2 is 2.28 bits per heavy atom. The van der Waals surface area contributed by atoms with E-state index in [4.69, 9.17) is 0 Å². The van der Waals surface area contributed by atoms with Crippen LogP contribution in [-0.4, -0.2) is 24.0 Å². The molecule has 1 rings (SSSR count). The third-order valence-electron chi connectivity index (χ3n) is 2.46. The highest BCUT2D eigenvalue weighted by atomic mass is 16.1. The number of nitrogens with one attached hydrogen (secondary N) is 2. The van der Waals surface area contributed by atoms with E-state index in [1.807, 2.05) is 0 Å². The van der Waals surface area contributed by atoms with E-state index in [0.717, 1.165) is 12.1 Å². The Morgan fingerprint density at radius 3 is 2.94 bits per heavy atom. The highest BCUT2D eigenvalue weighted by Crippen LogP contribution is 2.08. The minimum absolute atomic E-state index is 0.0783. The molecule has 1 heterocycles. The number of anilines is 1. The van der Waals surface area contributed by atoms with Crippen molar-refractivity contribution in [2.45, 2.75) is 20.3 Å². The summed E-state index contributed by atoms with van der Waals surface area (Å²) in [5.74, 6) is 0.509. The van der Waals surface area contributed by atoms with Gasteiger partial charge in [0, 0.05) is 25.5 Å². The van der Waals surface area contributed by atoms with Gasteiger partial charge in [-0.25, -0.2) is 0 Å². The van der Waals surface area contributed by atoms with Gasteiger partial charge in [0.2, 0.25) is 0 Å². The van der Waals surface area contributed by atoms with E-state index < -0.39 is 0 Å². The molecule has 1 aromatic heterocycles. The Morgan fingerprint density at radius 1 is 1.50 bits per heavy atom. The third-order valence-corrected chi connectivity index (χ3v) is 2.46. The van der Waals surface area contributed by atoms with Gasteiger partial charge >= 0.3 is 0 Å². The molecule has 0 unspecified atom stereocenters. The molecule has 0 aromatic carbocycles. The number of carbonyl (C=O) groups is 1. The second-order valence-corrected chi connectivity index (χ2v) is 4.57. The van der Waals surface area contributed by atoms with E-state index in [1.165, 1.54) is 0 Å². The maximum atomic E-state index is 11.9. The topological polar surface area (TPSA) is 54.0 Å². The summed E-state index contributed by atoms with van der Waals surface area (Å²) in [4.78, 5) is 15.9. The zero-order valence-electron chi connectivity index (χ0n) is 11.1. The average Bonchev–Trinajstić information content (AvgIpc) is 2.36. The van der Waals surface area contributed by atoms with Gasteiger partial charge in [0.05, 0.1) is 11.3 Å². The summed E-state index contributed by atoms with van der Waals surface area (Å²) in [6.45, 7) is 9.24. The zero-order chi connectivity index (χ0) is 13.4. The fourth-order valence-electron chi connectivity index (χ4n) is 1.43. The van der Waals surface area contributed by atoms with Crippen LogP contribution in [0.4, 0.5) is 5.69 Å². The van der Waals surface area contributed by atoms with Crippen LogP contribution < -0.4 is 10.6 Å². The van der Waals surface area contributed by atoms with Gasteiger partial charge in [-0.15, -0.1) is 6.58 Å². The van der Waals surface area contributed by atoms with Gasteiger partial charge in [-0.05, 0) is 18.4 Å². The Labute approximate surface area is 109 Å². The van der Waals surface area contributed by atoms with Crippen LogP contribution in [0, 0.1) is 5.92 Å². The van der Waals surface area contributed by atoms with Crippen molar-refractivity contribution in [2.75, 3.05) is 18.4 Å². The first-order chi connectivity index (χ1) is 8.63. The van der Waals surface area contributed by atoms with Crippen LogP contribution in [0.25, 0.3) is 0 Å². The molecule has 0 saturated heterocycles. The molecule has 0 saturated carbocycles. The smallest absolute Gasteiger partial charge is 0.252 e. The van der Waals surface area contributed by atoms with Crippen molar-refractivity contribution >= 4 is 11.6 Å². The molecular formula is C14H21N3O. The molecule has 98 valence electrons. The SMILES string of the molecule is C=CCNc1cncc(C(=O)NCCC(C)C)c1. The minimum atomic E-state index is -0.0783. The largest absolute Gasteiger partial charge is 0.380 e. The lowest BCUT2D eigenvalue weighted by Gasteiger charge is -2.08. The van der Waals surface area contributed by atoms with Gasteiger partial charge in [0.15, 0.2) is 0 Å². The number of amides is 1. The molecule has 1 amide bonds. The fourth-order valence-corrected chi connectivity index (χ4v) is 1.43. The molecule has 18 heavy (non-hydrogen) atoms. The first-order valence-corrected chi connectivity index (χ1v) is 6.21. The number of hydrogen-bond donors (Lipinski definition) is 2. The van der Waals surface area contributed by atoms with Crippen LogP contribution in [0.15, 0.2) is 31.1 Å². The quantitative estimate of drug-likeness (QED) is 0.728. The highest BCUT2D eigenvalue weighted by Gasteiger charge is 2.06. The van der Waals surface area contributed by atoms with Gasteiger partial charge in [0.1, 0.15) is 0 Å². The maximum absolute atomic E-state index is 11.9. The van der Waals surface area contributed by atoms with Crippen molar-refractivity contribution in [1.82, 2.24) is 10.3 Å². The average molecular weight is 247 g/mol. The predicted octanol–water partition coefficient (Wildman–Crippen LogP) is 2.46. The summed E-state index contributed by atoms with van der Waals surface area (Å²) >= 11 is 0. The Kier molecular flexibility index (Phi) is 5.91. The standard InChI is InChI=1S/C14H21N3O/c1-4-6-16-13-8-12(9-15-10-13)14(18)17-7-5-11(2)3/h4,8-11,16H,1,5-7H2,2-3H3,(H,17,18). The van der Waals surface area contributed by atoms with Crippen LogP contribution >= 0.6 is 0 Å².